The Hall–Kier alpha value is -2.96. The summed E-state index contributed by atoms with van der Waals surface area (Å²) in [6, 6.07) is 22.3. The molecule has 0 fully saturated rings. The lowest BCUT2D eigenvalue weighted by Crippen LogP contribution is -2.35. The highest BCUT2D eigenvalue weighted by Crippen LogP contribution is 2.33. The van der Waals surface area contributed by atoms with E-state index in [1.165, 1.54) is 9.87 Å². The fourth-order valence-corrected chi connectivity index (χ4v) is 5.63. The predicted octanol–water partition coefficient (Wildman–Crippen LogP) is 4.80. The number of fused-ring (bicyclic) bond motifs is 1. The molecule has 0 saturated heterocycles. The SMILES string of the molecule is CCN(Cc1ccc(C(=O)N2c3ccccc3CC2C)cc1)S(=O)(=O)c1ccc(C)cc1. The fourth-order valence-electron chi connectivity index (χ4n) is 4.20. The Balaban J connectivity index is 1.52. The molecule has 1 unspecified atom stereocenters. The van der Waals surface area contributed by atoms with E-state index in [-0.39, 0.29) is 18.5 Å². The van der Waals surface area contributed by atoms with Crippen LogP contribution in [0.4, 0.5) is 5.69 Å². The van der Waals surface area contributed by atoms with E-state index in [2.05, 4.69) is 13.0 Å². The second-order valence-corrected chi connectivity index (χ2v) is 10.2. The summed E-state index contributed by atoms with van der Waals surface area (Å²) < 4.78 is 27.5. The number of benzene rings is 3. The van der Waals surface area contributed by atoms with Crippen LogP contribution in [0.25, 0.3) is 0 Å². The van der Waals surface area contributed by atoms with Crippen molar-refractivity contribution < 1.29 is 13.2 Å². The molecule has 1 aliphatic rings. The van der Waals surface area contributed by atoms with Crippen molar-refractivity contribution in [2.24, 2.45) is 0 Å². The number of carbonyl (C=O) groups is 1. The van der Waals surface area contributed by atoms with Crippen molar-refractivity contribution in [1.82, 2.24) is 4.31 Å². The molecule has 1 amide bonds. The van der Waals surface area contributed by atoms with E-state index in [1.54, 1.807) is 36.4 Å². The maximum atomic E-state index is 13.2. The molecule has 166 valence electrons. The molecule has 3 aromatic carbocycles. The van der Waals surface area contributed by atoms with Gasteiger partial charge in [0.05, 0.1) is 4.90 Å². The van der Waals surface area contributed by atoms with Crippen LogP contribution in [-0.2, 0) is 23.0 Å². The van der Waals surface area contributed by atoms with Gasteiger partial charge in [-0.1, -0.05) is 55.0 Å². The van der Waals surface area contributed by atoms with Gasteiger partial charge in [-0.15, -0.1) is 0 Å². The van der Waals surface area contributed by atoms with E-state index in [9.17, 15) is 13.2 Å². The largest absolute Gasteiger partial charge is 0.305 e. The number of carbonyl (C=O) groups excluding carboxylic acids is 1. The number of anilines is 1. The maximum absolute atomic E-state index is 13.2. The number of aryl methyl sites for hydroxylation is 1. The van der Waals surface area contributed by atoms with Crippen molar-refractivity contribution in [3.8, 4) is 0 Å². The first kappa shape index (κ1) is 22.2. The molecule has 0 radical (unpaired) electrons. The van der Waals surface area contributed by atoms with Crippen LogP contribution >= 0.6 is 0 Å². The van der Waals surface area contributed by atoms with E-state index < -0.39 is 10.0 Å². The molecule has 1 heterocycles. The highest BCUT2D eigenvalue weighted by molar-refractivity contribution is 7.89. The molecular formula is C26H28N2O3S. The van der Waals surface area contributed by atoms with Crippen LogP contribution in [0.3, 0.4) is 0 Å². The van der Waals surface area contributed by atoms with Gasteiger partial charge in [0.25, 0.3) is 5.91 Å². The topological polar surface area (TPSA) is 57.7 Å². The Morgan fingerprint density at radius 1 is 1.00 bits per heavy atom. The van der Waals surface area contributed by atoms with E-state index in [4.69, 9.17) is 0 Å². The molecule has 1 atom stereocenters. The number of amides is 1. The van der Waals surface area contributed by atoms with Gasteiger partial charge in [-0.05, 0) is 61.7 Å². The standard InChI is InChI=1S/C26H28N2O3S/c1-4-27(32(30,31)24-15-9-19(2)10-16-24)18-21-11-13-22(14-12-21)26(29)28-20(3)17-23-7-5-6-8-25(23)28/h5-16,20H,4,17-18H2,1-3H3. The van der Waals surface area contributed by atoms with Gasteiger partial charge in [-0.25, -0.2) is 8.42 Å². The molecule has 6 heteroatoms. The molecule has 0 aliphatic carbocycles. The van der Waals surface area contributed by atoms with Crippen LogP contribution < -0.4 is 4.90 Å². The van der Waals surface area contributed by atoms with Gasteiger partial charge in [-0.3, -0.25) is 4.79 Å². The number of para-hydroxylation sites is 1. The summed E-state index contributed by atoms with van der Waals surface area (Å²) in [5, 5.41) is 0. The number of hydrogen-bond acceptors (Lipinski definition) is 3. The van der Waals surface area contributed by atoms with Gasteiger partial charge < -0.3 is 4.90 Å². The van der Waals surface area contributed by atoms with Gasteiger partial charge in [0, 0.05) is 30.4 Å². The Morgan fingerprint density at radius 2 is 1.66 bits per heavy atom. The van der Waals surface area contributed by atoms with Gasteiger partial charge in [-0.2, -0.15) is 4.31 Å². The third kappa shape index (κ3) is 4.20. The minimum atomic E-state index is -3.59. The second kappa shape index (κ2) is 8.88. The number of sulfonamides is 1. The molecule has 32 heavy (non-hydrogen) atoms. The lowest BCUT2D eigenvalue weighted by Gasteiger charge is -2.23. The van der Waals surface area contributed by atoms with Crippen LogP contribution in [0.1, 0.15) is 40.9 Å². The maximum Gasteiger partial charge on any atom is 0.258 e. The van der Waals surface area contributed by atoms with E-state index >= 15 is 0 Å². The zero-order chi connectivity index (χ0) is 22.9. The van der Waals surface area contributed by atoms with Crippen LogP contribution in [-0.4, -0.2) is 31.2 Å². The smallest absolute Gasteiger partial charge is 0.258 e. The van der Waals surface area contributed by atoms with Crippen LogP contribution in [0, 0.1) is 6.92 Å². The van der Waals surface area contributed by atoms with Gasteiger partial charge in [0.15, 0.2) is 0 Å². The number of rotatable bonds is 6. The summed E-state index contributed by atoms with van der Waals surface area (Å²) >= 11 is 0. The van der Waals surface area contributed by atoms with Crippen LogP contribution in [0.15, 0.2) is 77.7 Å². The molecular weight excluding hydrogens is 420 g/mol. The van der Waals surface area contributed by atoms with Crippen molar-refractivity contribution in [2.45, 2.75) is 44.7 Å². The summed E-state index contributed by atoms with van der Waals surface area (Å²) in [7, 11) is -3.59. The highest BCUT2D eigenvalue weighted by Gasteiger charge is 2.31. The first-order valence-corrected chi connectivity index (χ1v) is 12.3. The van der Waals surface area contributed by atoms with E-state index in [0.717, 1.165) is 23.2 Å². The van der Waals surface area contributed by atoms with Crippen molar-refractivity contribution in [3.05, 3.63) is 95.1 Å². The lowest BCUT2D eigenvalue weighted by atomic mass is 10.1. The quantitative estimate of drug-likeness (QED) is 0.544. The molecule has 0 bridgehead atoms. The van der Waals surface area contributed by atoms with Gasteiger partial charge >= 0.3 is 0 Å². The van der Waals surface area contributed by atoms with Crippen molar-refractivity contribution in [2.75, 3.05) is 11.4 Å². The summed E-state index contributed by atoms with van der Waals surface area (Å²) in [6.07, 6.45) is 0.850. The molecule has 0 spiro atoms. The zero-order valence-electron chi connectivity index (χ0n) is 18.7. The first-order chi connectivity index (χ1) is 15.3. The Bertz CT molecular complexity index is 1220. The summed E-state index contributed by atoms with van der Waals surface area (Å²) in [5.74, 6) is -0.0337. The molecule has 4 rings (SSSR count). The second-order valence-electron chi connectivity index (χ2n) is 8.30. The molecule has 1 aliphatic heterocycles. The number of nitrogens with zero attached hydrogens (tertiary/aromatic N) is 2. The van der Waals surface area contributed by atoms with Crippen molar-refractivity contribution in [3.63, 3.8) is 0 Å². The normalized spacial score (nSPS) is 15.8. The van der Waals surface area contributed by atoms with Crippen LogP contribution in [0.5, 0.6) is 0 Å². The Labute approximate surface area is 190 Å². The first-order valence-electron chi connectivity index (χ1n) is 10.9. The van der Waals surface area contributed by atoms with Crippen molar-refractivity contribution in [1.29, 1.82) is 0 Å². The number of hydrogen-bond donors (Lipinski definition) is 0. The predicted molar refractivity (Wildman–Crippen MR) is 127 cm³/mol. The minimum absolute atomic E-state index is 0.0337. The van der Waals surface area contributed by atoms with Gasteiger partial charge in [0.2, 0.25) is 10.0 Å². The Kier molecular flexibility index (Phi) is 6.17. The average molecular weight is 449 g/mol. The monoisotopic (exact) mass is 448 g/mol. The fraction of sp³-hybridized carbons (Fsp3) is 0.269. The van der Waals surface area contributed by atoms with E-state index in [0.29, 0.717) is 17.0 Å². The molecule has 0 aromatic heterocycles. The Morgan fingerprint density at radius 3 is 2.31 bits per heavy atom. The van der Waals surface area contributed by atoms with E-state index in [1.807, 2.05) is 49.1 Å². The summed E-state index contributed by atoms with van der Waals surface area (Å²) in [6.45, 7) is 6.43. The highest BCUT2D eigenvalue weighted by atomic mass is 32.2. The molecule has 5 nitrogen and oxygen atoms in total. The van der Waals surface area contributed by atoms with Gasteiger partial charge in [0.1, 0.15) is 0 Å². The average Bonchev–Trinajstić information content (AvgIpc) is 3.13. The summed E-state index contributed by atoms with van der Waals surface area (Å²) in [4.78, 5) is 15.3. The lowest BCUT2D eigenvalue weighted by molar-refractivity contribution is 0.0981. The molecule has 3 aromatic rings. The zero-order valence-corrected chi connectivity index (χ0v) is 19.5. The third-order valence-corrected chi connectivity index (χ3v) is 7.93. The minimum Gasteiger partial charge on any atom is -0.305 e. The van der Waals surface area contributed by atoms with Crippen molar-refractivity contribution >= 4 is 21.6 Å². The molecule has 0 N–H and O–H groups in total. The van der Waals surface area contributed by atoms with Crippen LogP contribution in [0.2, 0.25) is 0 Å². The third-order valence-electron chi connectivity index (χ3n) is 6.00. The molecule has 0 saturated carbocycles. The summed E-state index contributed by atoms with van der Waals surface area (Å²) in [5.41, 5.74) is 4.61.